The van der Waals surface area contributed by atoms with Gasteiger partial charge in [0.05, 0.1) is 18.4 Å². The van der Waals surface area contributed by atoms with Crippen LogP contribution in [0.15, 0.2) is 47.6 Å². The van der Waals surface area contributed by atoms with Crippen LogP contribution in [0, 0.1) is 0 Å². The number of aromatic nitrogens is 3. The second kappa shape index (κ2) is 10.7. The van der Waals surface area contributed by atoms with E-state index in [1.807, 2.05) is 18.2 Å². The summed E-state index contributed by atoms with van der Waals surface area (Å²) in [7, 11) is 1.53. The third-order valence-electron chi connectivity index (χ3n) is 5.32. The molecule has 0 spiro atoms. The van der Waals surface area contributed by atoms with Crippen molar-refractivity contribution in [3.63, 3.8) is 0 Å². The minimum absolute atomic E-state index is 0.233. The highest BCUT2D eigenvalue weighted by Crippen LogP contribution is 2.45. The summed E-state index contributed by atoms with van der Waals surface area (Å²) in [6.07, 6.45) is 1.06. The van der Waals surface area contributed by atoms with E-state index in [-0.39, 0.29) is 17.5 Å². The Morgan fingerprint density at radius 1 is 1.14 bits per heavy atom. The first-order chi connectivity index (χ1) is 16.9. The van der Waals surface area contributed by atoms with Gasteiger partial charge >= 0.3 is 5.97 Å². The predicted octanol–water partition coefficient (Wildman–Crippen LogP) is 4.81. The number of rotatable bonds is 7. The average molecular weight is 495 g/mol. The lowest BCUT2D eigenvalue weighted by Crippen LogP contribution is -2.36. The van der Waals surface area contributed by atoms with Crippen molar-refractivity contribution in [1.29, 1.82) is 0 Å². The maximum absolute atomic E-state index is 13.0. The van der Waals surface area contributed by atoms with Gasteiger partial charge in [-0.05, 0) is 30.7 Å². The molecular weight excluding hydrogens is 468 g/mol. The normalized spacial score (nSPS) is 14.3. The zero-order valence-electron chi connectivity index (χ0n) is 20.0. The van der Waals surface area contributed by atoms with Gasteiger partial charge in [-0.25, -0.2) is 0 Å². The lowest BCUT2D eigenvalue weighted by Gasteiger charge is -2.30. The fourth-order valence-corrected chi connectivity index (χ4v) is 4.58. The average Bonchev–Trinajstić information content (AvgIpc) is 2.98. The number of thioether (sulfide) groups is 1. The van der Waals surface area contributed by atoms with E-state index in [1.54, 1.807) is 24.3 Å². The number of benzene rings is 2. The quantitative estimate of drug-likeness (QED) is 0.198. The van der Waals surface area contributed by atoms with Crippen molar-refractivity contribution in [2.24, 2.45) is 0 Å². The Hall–Kier alpha value is -3.66. The molecule has 1 aliphatic heterocycles. The first-order valence-electron chi connectivity index (χ1n) is 11.2. The molecule has 9 nitrogen and oxygen atoms in total. The first-order valence-corrected chi connectivity index (χ1v) is 12.2. The van der Waals surface area contributed by atoms with Gasteiger partial charge in [-0.15, -0.1) is 10.2 Å². The number of amides is 1. The molecule has 35 heavy (non-hydrogen) atoms. The second-order valence-corrected chi connectivity index (χ2v) is 8.89. The molecule has 0 bridgehead atoms. The molecule has 2 heterocycles. The zero-order valence-corrected chi connectivity index (χ0v) is 20.8. The molecule has 1 amide bonds. The SMILES string of the molecule is CCCCSc1nnc2c(n1)O[C@H](c1cc(OC)ccc1OC(C)=O)N(C(C)=O)c1ccccc1-2. The number of nitrogens with zero attached hydrogens (tertiary/aromatic N) is 4. The summed E-state index contributed by atoms with van der Waals surface area (Å²) in [5.41, 5.74) is 2.08. The predicted molar refractivity (Wildman–Crippen MR) is 132 cm³/mol. The molecular formula is C25H26N4O5S. The molecule has 1 aromatic heterocycles. The van der Waals surface area contributed by atoms with E-state index in [1.165, 1.54) is 37.6 Å². The number of hydrogen-bond acceptors (Lipinski definition) is 9. The number of para-hydroxylation sites is 1. The van der Waals surface area contributed by atoms with Crippen LogP contribution in [0.1, 0.15) is 45.4 Å². The van der Waals surface area contributed by atoms with Gasteiger partial charge in [0.1, 0.15) is 11.5 Å². The minimum atomic E-state index is -1.01. The molecule has 1 aliphatic rings. The van der Waals surface area contributed by atoms with Crippen LogP contribution < -0.4 is 19.1 Å². The maximum atomic E-state index is 13.0. The Labute approximate surface area is 207 Å². The van der Waals surface area contributed by atoms with Crippen LogP contribution >= 0.6 is 11.8 Å². The Balaban J connectivity index is 1.91. The van der Waals surface area contributed by atoms with Gasteiger partial charge in [-0.2, -0.15) is 4.98 Å². The van der Waals surface area contributed by atoms with E-state index in [2.05, 4.69) is 22.1 Å². The summed E-state index contributed by atoms with van der Waals surface area (Å²) in [4.78, 5) is 31.0. The summed E-state index contributed by atoms with van der Waals surface area (Å²) < 4.78 is 17.3. The third kappa shape index (κ3) is 5.22. The molecule has 2 aromatic carbocycles. The van der Waals surface area contributed by atoms with Gasteiger partial charge in [-0.3, -0.25) is 14.5 Å². The summed E-state index contributed by atoms with van der Waals surface area (Å²) in [5.74, 6) is 1.06. The van der Waals surface area contributed by atoms with Crippen molar-refractivity contribution in [3.05, 3.63) is 48.0 Å². The van der Waals surface area contributed by atoms with Crippen LogP contribution in [-0.2, 0) is 9.59 Å². The van der Waals surface area contributed by atoms with Crippen LogP contribution in [0.4, 0.5) is 5.69 Å². The molecule has 0 radical (unpaired) electrons. The van der Waals surface area contributed by atoms with Crippen LogP contribution in [-0.4, -0.2) is 39.9 Å². The topological polar surface area (TPSA) is 104 Å². The molecule has 4 rings (SSSR count). The van der Waals surface area contributed by atoms with Crippen LogP contribution in [0.3, 0.4) is 0 Å². The third-order valence-corrected chi connectivity index (χ3v) is 6.24. The number of carbonyl (C=O) groups is 2. The Bertz CT molecular complexity index is 1250. The summed E-state index contributed by atoms with van der Waals surface area (Å²) in [5, 5.41) is 9.19. The molecule has 0 N–H and O–H groups in total. The van der Waals surface area contributed by atoms with E-state index < -0.39 is 12.2 Å². The van der Waals surface area contributed by atoms with E-state index in [0.29, 0.717) is 33.4 Å². The molecule has 0 saturated heterocycles. The molecule has 0 aliphatic carbocycles. The van der Waals surface area contributed by atoms with Gasteiger partial charge in [0.2, 0.25) is 23.2 Å². The van der Waals surface area contributed by atoms with Gasteiger partial charge in [0.25, 0.3) is 0 Å². The van der Waals surface area contributed by atoms with Gasteiger partial charge in [0.15, 0.2) is 5.69 Å². The fraction of sp³-hybridized carbons (Fsp3) is 0.320. The van der Waals surface area contributed by atoms with E-state index in [0.717, 1.165) is 18.6 Å². The highest BCUT2D eigenvalue weighted by molar-refractivity contribution is 7.99. The molecule has 3 aromatic rings. The monoisotopic (exact) mass is 494 g/mol. The number of anilines is 1. The second-order valence-electron chi connectivity index (χ2n) is 7.82. The largest absolute Gasteiger partial charge is 0.497 e. The van der Waals surface area contributed by atoms with E-state index >= 15 is 0 Å². The first kappa shape index (κ1) is 24.5. The van der Waals surface area contributed by atoms with Crippen LogP contribution in [0.2, 0.25) is 0 Å². The summed E-state index contributed by atoms with van der Waals surface area (Å²) in [6.45, 7) is 4.87. The van der Waals surface area contributed by atoms with Crippen LogP contribution in [0.5, 0.6) is 17.4 Å². The standard InChI is InChI=1S/C25H26N4O5S/c1-5-6-13-35-25-26-23-22(27-28-25)18-9-7-8-10-20(18)29(15(2)30)24(34-23)19-14-17(32-4)11-12-21(19)33-16(3)31/h7-12,14,24H,5-6,13H2,1-4H3/t24-/m1/s1. The van der Waals surface area contributed by atoms with Crippen molar-refractivity contribution in [2.45, 2.75) is 45.0 Å². The smallest absolute Gasteiger partial charge is 0.308 e. The highest BCUT2D eigenvalue weighted by atomic mass is 32.2. The zero-order chi connectivity index (χ0) is 24.9. The summed E-state index contributed by atoms with van der Waals surface area (Å²) in [6, 6.07) is 12.3. The Morgan fingerprint density at radius 2 is 1.94 bits per heavy atom. The Morgan fingerprint density at radius 3 is 2.66 bits per heavy atom. The van der Waals surface area contributed by atoms with E-state index in [9.17, 15) is 9.59 Å². The maximum Gasteiger partial charge on any atom is 0.308 e. The van der Waals surface area contributed by atoms with Crippen molar-refractivity contribution in [1.82, 2.24) is 15.2 Å². The lowest BCUT2D eigenvalue weighted by atomic mass is 10.1. The molecule has 10 heteroatoms. The number of hydrogen-bond donors (Lipinski definition) is 0. The number of ether oxygens (including phenoxy) is 3. The van der Waals surface area contributed by atoms with Crippen molar-refractivity contribution < 1.29 is 23.8 Å². The molecule has 0 unspecified atom stereocenters. The molecule has 0 fully saturated rings. The van der Waals surface area contributed by atoms with Crippen molar-refractivity contribution in [2.75, 3.05) is 17.8 Å². The van der Waals surface area contributed by atoms with Gasteiger partial charge in [0, 0.05) is 25.2 Å². The number of fused-ring (bicyclic) bond motifs is 3. The van der Waals surface area contributed by atoms with Gasteiger partial charge in [-0.1, -0.05) is 43.3 Å². The number of unbranched alkanes of at least 4 members (excludes halogenated alkanes) is 1. The Kier molecular flexibility index (Phi) is 7.50. The molecule has 1 atom stereocenters. The van der Waals surface area contributed by atoms with Crippen molar-refractivity contribution in [3.8, 4) is 28.6 Å². The number of methoxy groups -OCH3 is 1. The van der Waals surface area contributed by atoms with Gasteiger partial charge < -0.3 is 14.2 Å². The van der Waals surface area contributed by atoms with Crippen molar-refractivity contribution >= 4 is 29.3 Å². The number of carbonyl (C=O) groups excluding carboxylic acids is 2. The summed E-state index contributed by atoms with van der Waals surface area (Å²) >= 11 is 1.49. The molecule has 0 saturated carbocycles. The lowest BCUT2D eigenvalue weighted by molar-refractivity contribution is -0.132. The molecule has 182 valence electrons. The minimum Gasteiger partial charge on any atom is -0.497 e. The number of esters is 1. The highest BCUT2D eigenvalue weighted by Gasteiger charge is 2.36. The van der Waals surface area contributed by atoms with E-state index in [4.69, 9.17) is 14.2 Å². The fourth-order valence-electron chi connectivity index (χ4n) is 3.72. The van der Waals surface area contributed by atoms with Crippen LogP contribution in [0.25, 0.3) is 11.3 Å².